The van der Waals surface area contributed by atoms with E-state index in [1.54, 1.807) is 6.20 Å². The molecule has 4 nitrogen and oxygen atoms in total. The number of carbonyl (C=O) groups excluding carboxylic acids is 1. The van der Waals surface area contributed by atoms with Crippen LogP contribution in [0, 0.1) is 0 Å². The molecule has 1 rings (SSSR count). The van der Waals surface area contributed by atoms with Crippen molar-refractivity contribution in [2.75, 3.05) is 13.7 Å². The van der Waals surface area contributed by atoms with Crippen LogP contribution in [0.3, 0.4) is 0 Å². The summed E-state index contributed by atoms with van der Waals surface area (Å²) in [7, 11) is 1.38. The highest BCUT2D eigenvalue weighted by molar-refractivity contribution is 5.69. The molecule has 0 radical (unpaired) electrons. The molecule has 0 aliphatic heterocycles. The van der Waals surface area contributed by atoms with Gasteiger partial charge in [-0.15, -0.1) is 0 Å². The highest BCUT2D eigenvalue weighted by Gasteiger charge is 2.09. The lowest BCUT2D eigenvalue weighted by Crippen LogP contribution is -2.16. The van der Waals surface area contributed by atoms with Crippen LogP contribution in [-0.4, -0.2) is 30.8 Å². The Kier molecular flexibility index (Phi) is 5.50. The molecule has 0 spiro atoms. The molecule has 16 heavy (non-hydrogen) atoms. The second-order valence-corrected chi connectivity index (χ2v) is 3.53. The van der Waals surface area contributed by atoms with Crippen molar-refractivity contribution in [2.24, 2.45) is 0 Å². The topological polar surface area (TPSA) is 48.4 Å². The highest BCUT2D eigenvalue weighted by Crippen LogP contribution is 2.01. The van der Waals surface area contributed by atoms with E-state index in [9.17, 15) is 4.79 Å². The van der Waals surface area contributed by atoms with Gasteiger partial charge in [0.25, 0.3) is 0 Å². The number of methoxy groups -OCH3 is 1. The Hall–Kier alpha value is -1.42. The Balaban J connectivity index is 2.18. The standard InChI is InChI=1S/C12H17NO3/c1-10(9-12(14)15-2)16-8-6-11-5-3-4-7-13-11/h3-5,7,10H,6,8-9H2,1-2H3. The quantitative estimate of drug-likeness (QED) is 0.687. The molecule has 0 N–H and O–H groups in total. The van der Waals surface area contributed by atoms with Crippen molar-refractivity contribution in [1.29, 1.82) is 0 Å². The number of nitrogens with zero attached hydrogens (tertiary/aromatic N) is 1. The number of hydrogen-bond donors (Lipinski definition) is 0. The van der Waals surface area contributed by atoms with Crippen molar-refractivity contribution < 1.29 is 14.3 Å². The molecule has 0 amide bonds. The van der Waals surface area contributed by atoms with Crippen molar-refractivity contribution in [3.63, 3.8) is 0 Å². The Morgan fingerprint density at radius 2 is 2.31 bits per heavy atom. The van der Waals surface area contributed by atoms with Gasteiger partial charge in [-0.1, -0.05) is 6.07 Å². The fraction of sp³-hybridized carbons (Fsp3) is 0.500. The summed E-state index contributed by atoms with van der Waals surface area (Å²) in [6.45, 7) is 2.42. The second kappa shape index (κ2) is 6.95. The minimum Gasteiger partial charge on any atom is -0.469 e. The van der Waals surface area contributed by atoms with Crippen LogP contribution in [0.5, 0.6) is 0 Å². The van der Waals surface area contributed by atoms with E-state index in [-0.39, 0.29) is 12.1 Å². The zero-order chi connectivity index (χ0) is 11.8. The predicted molar refractivity (Wildman–Crippen MR) is 60.0 cm³/mol. The molecule has 1 unspecified atom stereocenters. The zero-order valence-electron chi connectivity index (χ0n) is 9.68. The van der Waals surface area contributed by atoms with Crippen LogP contribution in [-0.2, 0) is 20.7 Å². The lowest BCUT2D eigenvalue weighted by molar-refractivity contribution is -0.143. The number of aromatic nitrogens is 1. The molecule has 0 aliphatic carbocycles. The second-order valence-electron chi connectivity index (χ2n) is 3.53. The van der Waals surface area contributed by atoms with Crippen LogP contribution in [0.15, 0.2) is 24.4 Å². The average Bonchev–Trinajstić information content (AvgIpc) is 2.30. The van der Waals surface area contributed by atoms with E-state index in [1.807, 2.05) is 25.1 Å². The molecule has 4 heteroatoms. The summed E-state index contributed by atoms with van der Waals surface area (Å²) in [5.74, 6) is -0.245. The van der Waals surface area contributed by atoms with Gasteiger partial charge in [-0.2, -0.15) is 0 Å². The average molecular weight is 223 g/mol. The van der Waals surface area contributed by atoms with Crippen LogP contribution >= 0.6 is 0 Å². The number of hydrogen-bond acceptors (Lipinski definition) is 4. The first-order chi connectivity index (χ1) is 7.72. The van der Waals surface area contributed by atoms with Gasteiger partial charge in [0.2, 0.25) is 0 Å². The van der Waals surface area contributed by atoms with Crippen molar-refractivity contribution >= 4 is 5.97 Å². The minimum atomic E-state index is -0.245. The monoisotopic (exact) mass is 223 g/mol. The van der Waals surface area contributed by atoms with E-state index < -0.39 is 0 Å². The Morgan fingerprint density at radius 3 is 2.94 bits per heavy atom. The van der Waals surface area contributed by atoms with Crippen LogP contribution in [0.4, 0.5) is 0 Å². The third-order valence-corrected chi connectivity index (χ3v) is 2.17. The third-order valence-electron chi connectivity index (χ3n) is 2.17. The number of ether oxygens (including phenoxy) is 2. The zero-order valence-corrected chi connectivity index (χ0v) is 9.68. The molecule has 1 aromatic rings. The van der Waals surface area contributed by atoms with E-state index in [2.05, 4.69) is 9.72 Å². The summed E-state index contributed by atoms with van der Waals surface area (Å²) in [5, 5.41) is 0. The van der Waals surface area contributed by atoms with Gasteiger partial charge < -0.3 is 9.47 Å². The van der Waals surface area contributed by atoms with Gasteiger partial charge >= 0.3 is 5.97 Å². The van der Waals surface area contributed by atoms with E-state index >= 15 is 0 Å². The summed E-state index contributed by atoms with van der Waals surface area (Å²) >= 11 is 0. The summed E-state index contributed by atoms with van der Waals surface area (Å²) in [5.41, 5.74) is 0.993. The van der Waals surface area contributed by atoms with Crippen LogP contribution in [0.1, 0.15) is 19.0 Å². The summed E-state index contributed by atoms with van der Waals surface area (Å²) in [4.78, 5) is 15.1. The van der Waals surface area contributed by atoms with Crippen molar-refractivity contribution in [3.05, 3.63) is 30.1 Å². The Morgan fingerprint density at radius 1 is 1.50 bits per heavy atom. The van der Waals surface area contributed by atoms with Gasteiger partial charge in [-0.3, -0.25) is 9.78 Å². The summed E-state index contributed by atoms with van der Waals surface area (Å²) < 4.78 is 10.0. The molecular formula is C12H17NO3. The maximum atomic E-state index is 10.9. The van der Waals surface area contributed by atoms with E-state index in [4.69, 9.17) is 4.74 Å². The van der Waals surface area contributed by atoms with E-state index in [0.717, 1.165) is 12.1 Å². The third kappa shape index (κ3) is 4.89. The van der Waals surface area contributed by atoms with Gasteiger partial charge in [0.15, 0.2) is 0 Å². The number of rotatable bonds is 6. The number of carbonyl (C=O) groups is 1. The molecule has 88 valence electrons. The molecule has 0 saturated heterocycles. The fourth-order valence-electron chi connectivity index (χ4n) is 1.29. The van der Waals surface area contributed by atoms with Gasteiger partial charge in [0, 0.05) is 18.3 Å². The van der Waals surface area contributed by atoms with Crippen molar-refractivity contribution in [2.45, 2.75) is 25.9 Å². The maximum absolute atomic E-state index is 10.9. The van der Waals surface area contributed by atoms with Gasteiger partial charge in [0.05, 0.1) is 26.2 Å². The lowest BCUT2D eigenvalue weighted by atomic mass is 10.2. The van der Waals surface area contributed by atoms with Gasteiger partial charge in [-0.25, -0.2) is 0 Å². The molecule has 0 aliphatic rings. The molecular weight excluding hydrogens is 206 g/mol. The molecule has 1 heterocycles. The van der Waals surface area contributed by atoms with E-state index in [0.29, 0.717) is 13.0 Å². The van der Waals surface area contributed by atoms with Crippen LogP contribution in [0.25, 0.3) is 0 Å². The first-order valence-corrected chi connectivity index (χ1v) is 5.30. The van der Waals surface area contributed by atoms with E-state index in [1.165, 1.54) is 7.11 Å². The number of pyridine rings is 1. The van der Waals surface area contributed by atoms with Gasteiger partial charge in [-0.05, 0) is 19.1 Å². The molecule has 0 fully saturated rings. The summed E-state index contributed by atoms with van der Waals surface area (Å²) in [6.07, 6.45) is 2.69. The molecule has 0 saturated carbocycles. The predicted octanol–water partition coefficient (Wildman–Crippen LogP) is 1.59. The lowest BCUT2D eigenvalue weighted by Gasteiger charge is -2.11. The fourth-order valence-corrected chi connectivity index (χ4v) is 1.29. The summed E-state index contributed by atoms with van der Waals surface area (Å²) in [6, 6.07) is 5.78. The van der Waals surface area contributed by atoms with Gasteiger partial charge in [0.1, 0.15) is 0 Å². The van der Waals surface area contributed by atoms with Crippen LogP contribution < -0.4 is 0 Å². The Labute approximate surface area is 95.6 Å². The van der Waals surface area contributed by atoms with Crippen molar-refractivity contribution in [1.82, 2.24) is 4.98 Å². The number of esters is 1. The largest absolute Gasteiger partial charge is 0.469 e. The highest BCUT2D eigenvalue weighted by atomic mass is 16.5. The first-order valence-electron chi connectivity index (χ1n) is 5.30. The molecule has 1 atom stereocenters. The minimum absolute atomic E-state index is 0.115. The maximum Gasteiger partial charge on any atom is 0.308 e. The molecule has 1 aromatic heterocycles. The first kappa shape index (κ1) is 12.6. The van der Waals surface area contributed by atoms with Crippen molar-refractivity contribution in [3.8, 4) is 0 Å². The van der Waals surface area contributed by atoms with Crippen LogP contribution in [0.2, 0.25) is 0 Å². The molecule has 0 bridgehead atoms. The Bertz CT molecular complexity index is 313. The smallest absolute Gasteiger partial charge is 0.308 e. The normalized spacial score (nSPS) is 12.1. The SMILES string of the molecule is COC(=O)CC(C)OCCc1ccccn1. The molecule has 0 aromatic carbocycles.